The van der Waals surface area contributed by atoms with Crippen LogP contribution in [0, 0.1) is 11.3 Å². The van der Waals surface area contributed by atoms with Crippen LogP contribution in [0.25, 0.3) is 0 Å². The van der Waals surface area contributed by atoms with Gasteiger partial charge in [-0.1, -0.05) is 0 Å². The summed E-state index contributed by atoms with van der Waals surface area (Å²) in [4.78, 5) is 11.9. The first-order chi connectivity index (χ1) is 11.4. The lowest BCUT2D eigenvalue weighted by atomic mass is 10.2. The molecule has 24 heavy (non-hydrogen) atoms. The Morgan fingerprint density at radius 2 is 2.12 bits per heavy atom. The van der Waals surface area contributed by atoms with Crippen molar-refractivity contribution in [2.24, 2.45) is 5.14 Å². The van der Waals surface area contributed by atoms with Crippen molar-refractivity contribution in [3.63, 3.8) is 0 Å². The molecule has 1 aromatic rings. The van der Waals surface area contributed by atoms with E-state index < -0.39 is 15.9 Å². The number of amides is 1. The maximum atomic E-state index is 11.9. The van der Waals surface area contributed by atoms with Crippen molar-refractivity contribution in [3.05, 3.63) is 36.0 Å². The van der Waals surface area contributed by atoms with Crippen molar-refractivity contribution >= 4 is 21.6 Å². The predicted octanol–water partition coefficient (Wildman–Crippen LogP) is 0.449. The van der Waals surface area contributed by atoms with Gasteiger partial charge in [0.25, 0.3) is 5.91 Å². The van der Waals surface area contributed by atoms with Gasteiger partial charge in [-0.05, 0) is 37.1 Å². The standard InChI is InChI=1S/C15H18N4O4S/c16-8-11(15(20)19-10-13-2-1-7-23-13)9-18-12-3-5-14(6-4-12)24(17,21)22/h3-6,9,13,18H,1-2,7,10H2,(H,19,20)(H2,17,21,22)/b11-9-. The number of nitriles is 1. The first kappa shape index (κ1) is 17.9. The molecule has 0 aromatic heterocycles. The van der Waals surface area contributed by atoms with E-state index in [4.69, 9.17) is 15.1 Å². The number of primary sulfonamides is 1. The normalized spacial score (nSPS) is 18.0. The molecule has 0 saturated carbocycles. The Bertz CT molecular complexity index is 760. The molecule has 0 bridgehead atoms. The number of nitrogens with one attached hydrogen (secondary N) is 2. The zero-order valence-corrected chi connectivity index (χ0v) is 13.7. The second-order valence-electron chi connectivity index (χ2n) is 5.23. The van der Waals surface area contributed by atoms with Gasteiger partial charge in [0.1, 0.15) is 11.6 Å². The molecule has 128 valence electrons. The van der Waals surface area contributed by atoms with E-state index in [0.29, 0.717) is 18.8 Å². The van der Waals surface area contributed by atoms with Crippen LogP contribution in [0.3, 0.4) is 0 Å². The number of rotatable bonds is 6. The Morgan fingerprint density at radius 3 is 2.67 bits per heavy atom. The fourth-order valence-electron chi connectivity index (χ4n) is 2.15. The van der Waals surface area contributed by atoms with Gasteiger partial charge in [-0.15, -0.1) is 0 Å². The molecule has 0 aliphatic carbocycles. The summed E-state index contributed by atoms with van der Waals surface area (Å²) in [7, 11) is -3.76. The van der Waals surface area contributed by atoms with E-state index in [1.54, 1.807) is 0 Å². The molecule has 1 aliphatic heterocycles. The molecule has 1 heterocycles. The molecular formula is C15H18N4O4S. The van der Waals surface area contributed by atoms with E-state index in [1.165, 1.54) is 30.5 Å². The quantitative estimate of drug-likeness (QED) is 0.504. The Kier molecular flexibility index (Phi) is 5.92. The zero-order chi connectivity index (χ0) is 17.6. The lowest BCUT2D eigenvalue weighted by Gasteiger charge is -2.10. The largest absolute Gasteiger partial charge is 0.376 e. The monoisotopic (exact) mass is 350 g/mol. The van der Waals surface area contributed by atoms with Gasteiger partial charge in [0.15, 0.2) is 0 Å². The molecule has 9 heteroatoms. The van der Waals surface area contributed by atoms with Gasteiger partial charge >= 0.3 is 0 Å². The summed E-state index contributed by atoms with van der Waals surface area (Å²) < 4.78 is 27.7. The van der Waals surface area contributed by atoms with Gasteiger partial charge in [0, 0.05) is 25.0 Å². The molecule has 1 aromatic carbocycles. The number of ether oxygens (including phenoxy) is 1. The highest BCUT2D eigenvalue weighted by molar-refractivity contribution is 7.89. The Morgan fingerprint density at radius 1 is 1.42 bits per heavy atom. The number of sulfonamides is 1. The van der Waals surface area contributed by atoms with Gasteiger partial charge < -0.3 is 15.4 Å². The minimum Gasteiger partial charge on any atom is -0.376 e. The number of nitrogens with two attached hydrogens (primary N) is 1. The van der Waals surface area contributed by atoms with Gasteiger partial charge in [0.05, 0.1) is 11.0 Å². The number of anilines is 1. The van der Waals surface area contributed by atoms with Gasteiger partial charge in [-0.3, -0.25) is 4.79 Å². The molecule has 1 amide bonds. The highest BCUT2D eigenvalue weighted by atomic mass is 32.2. The summed E-state index contributed by atoms with van der Waals surface area (Å²) in [6, 6.07) is 7.43. The minimum atomic E-state index is -3.76. The van der Waals surface area contributed by atoms with Crippen LogP contribution >= 0.6 is 0 Å². The second-order valence-corrected chi connectivity index (χ2v) is 6.79. The third kappa shape index (κ3) is 5.06. The number of hydrogen-bond acceptors (Lipinski definition) is 6. The first-order valence-electron chi connectivity index (χ1n) is 7.29. The molecule has 1 fully saturated rings. The average molecular weight is 350 g/mol. The average Bonchev–Trinajstić information content (AvgIpc) is 3.06. The number of hydrogen-bond donors (Lipinski definition) is 3. The fraction of sp³-hybridized carbons (Fsp3) is 0.333. The van der Waals surface area contributed by atoms with E-state index in [1.807, 2.05) is 6.07 Å². The lowest BCUT2D eigenvalue weighted by Crippen LogP contribution is -2.32. The molecule has 1 atom stereocenters. The van der Waals surface area contributed by atoms with Crippen LogP contribution in [0.4, 0.5) is 5.69 Å². The summed E-state index contributed by atoms with van der Waals surface area (Å²) in [5, 5.41) is 19.5. The van der Waals surface area contributed by atoms with Gasteiger partial charge in [-0.2, -0.15) is 5.26 Å². The Balaban J connectivity index is 1.94. The van der Waals surface area contributed by atoms with E-state index >= 15 is 0 Å². The molecule has 1 aliphatic rings. The van der Waals surface area contributed by atoms with Crippen molar-refractivity contribution in [2.45, 2.75) is 23.8 Å². The van der Waals surface area contributed by atoms with Gasteiger partial charge in [-0.25, -0.2) is 13.6 Å². The molecule has 1 saturated heterocycles. The van der Waals surface area contributed by atoms with Crippen molar-refractivity contribution in [2.75, 3.05) is 18.5 Å². The maximum Gasteiger partial charge on any atom is 0.263 e. The van der Waals surface area contributed by atoms with E-state index in [-0.39, 0.29) is 16.6 Å². The Labute approximate surface area is 140 Å². The number of benzene rings is 1. The molecule has 1 unspecified atom stereocenters. The molecule has 8 nitrogen and oxygen atoms in total. The van der Waals surface area contributed by atoms with Crippen LogP contribution in [0.15, 0.2) is 40.9 Å². The topological polar surface area (TPSA) is 134 Å². The zero-order valence-electron chi connectivity index (χ0n) is 12.9. The van der Waals surface area contributed by atoms with Crippen molar-refractivity contribution in [3.8, 4) is 6.07 Å². The van der Waals surface area contributed by atoms with Crippen molar-refractivity contribution in [1.82, 2.24) is 5.32 Å². The van der Waals surface area contributed by atoms with E-state index in [0.717, 1.165) is 12.8 Å². The van der Waals surface area contributed by atoms with E-state index in [2.05, 4.69) is 10.6 Å². The maximum absolute atomic E-state index is 11.9. The molecule has 2 rings (SSSR count). The summed E-state index contributed by atoms with van der Waals surface area (Å²) in [5.41, 5.74) is 0.422. The Hall–Kier alpha value is -2.41. The van der Waals surface area contributed by atoms with Crippen molar-refractivity contribution in [1.29, 1.82) is 5.26 Å². The fourth-order valence-corrected chi connectivity index (χ4v) is 2.67. The lowest BCUT2D eigenvalue weighted by molar-refractivity contribution is -0.117. The predicted molar refractivity (Wildman–Crippen MR) is 87.1 cm³/mol. The highest BCUT2D eigenvalue weighted by Gasteiger charge is 2.17. The third-order valence-corrected chi connectivity index (χ3v) is 4.37. The van der Waals surface area contributed by atoms with Crippen LogP contribution in [0.5, 0.6) is 0 Å². The smallest absolute Gasteiger partial charge is 0.263 e. The van der Waals surface area contributed by atoms with Crippen LogP contribution in [-0.2, 0) is 19.6 Å². The summed E-state index contributed by atoms with van der Waals surface area (Å²) in [6.07, 6.45) is 3.11. The molecule has 0 spiro atoms. The number of carbonyl (C=O) groups is 1. The first-order valence-corrected chi connectivity index (χ1v) is 8.84. The van der Waals surface area contributed by atoms with Crippen LogP contribution in [0.1, 0.15) is 12.8 Å². The second kappa shape index (κ2) is 7.92. The van der Waals surface area contributed by atoms with Crippen LogP contribution in [0.2, 0.25) is 0 Å². The van der Waals surface area contributed by atoms with Crippen LogP contribution in [-0.4, -0.2) is 33.6 Å². The van der Waals surface area contributed by atoms with E-state index in [9.17, 15) is 13.2 Å². The number of nitrogens with zero attached hydrogens (tertiary/aromatic N) is 1. The van der Waals surface area contributed by atoms with Crippen LogP contribution < -0.4 is 15.8 Å². The molecule has 4 N–H and O–H groups in total. The minimum absolute atomic E-state index is 0.00684. The summed E-state index contributed by atoms with van der Waals surface area (Å²) in [6.45, 7) is 1.05. The third-order valence-electron chi connectivity index (χ3n) is 3.45. The van der Waals surface area contributed by atoms with Crippen molar-refractivity contribution < 1.29 is 17.9 Å². The SMILES string of the molecule is N#C/C(=C/Nc1ccc(S(N)(=O)=O)cc1)C(=O)NCC1CCCO1. The molecule has 0 radical (unpaired) electrons. The van der Waals surface area contributed by atoms with Gasteiger partial charge in [0.2, 0.25) is 10.0 Å². The summed E-state index contributed by atoms with van der Waals surface area (Å²) >= 11 is 0. The highest BCUT2D eigenvalue weighted by Crippen LogP contribution is 2.13. The molecular weight excluding hydrogens is 332 g/mol. The summed E-state index contributed by atoms with van der Waals surface area (Å²) in [5.74, 6) is -0.498. The number of carbonyl (C=O) groups excluding carboxylic acids is 1.